The highest BCUT2D eigenvalue weighted by atomic mass is 32.7. The summed E-state index contributed by atoms with van der Waals surface area (Å²) in [7, 11) is -0.997. The van der Waals surface area contributed by atoms with Crippen LogP contribution in [0.1, 0.15) is 34.1 Å². The minimum atomic E-state index is -0.997. The Morgan fingerprint density at radius 1 is 1.30 bits per heavy atom. The second-order valence-corrected chi connectivity index (χ2v) is 8.70. The zero-order chi connectivity index (χ0) is 15.0. The first-order valence-electron chi connectivity index (χ1n) is 6.93. The number of hydrogen-bond donors (Lipinski definition) is 0. The lowest BCUT2D eigenvalue weighted by molar-refractivity contribution is -0.143. The van der Waals surface area contributed by atoms with E-state index in [4.69, 9.17) is 18.5 Å². The molecule has 1 heterocycles. The minimum absolute atomic E-state index is 0.0151. The molecule has 0 spiro atoms. The molecule has 1 rings (SSSR count). The lowest BCUT2D eigenvalue weighted by Gasteiger charge is -2.34. The van der Waals surface area contributed by atoms with Crippen LogP contribution in [-0.2, 0) is 23.3 Å². The number of rotatable bonds is 8. The maximum atomic E-state index is 11.6. The Bertz CT molecular complexity index is 290. The Kier molecular flexibility index (Phi) is 8.37. The summed E-state index contributed by atoms with van der Waals surface area (Å²) < 4.78 is 21.9. The second kappa shape index (κ2) is 9.21. The summed E-state index contributed by atoms with van der Waals surface area (Å²) in [5.74, 6) is -0.197. The van der Waals surface area contributed by atoms with E-state index in [9.17, 15) is 4.79 Å². The van der Waals surface area contributed by atoms with E-state index in [0.29, 0.717) is 39.5 Å². The number of hydrogen-bond acceptors (Lipinski definition) is 6. The smallest absolute Gasteiger partial charge is 0.307 e. The summed E-state index contributed by atoms with van der Waals surface area (Å²) in [6.07, 6.45) is 0.327. The Balaban J connectivity index is 2.41. The monoisotopic (exact) mass is 324 g/mol. The molecule has 0 aromatic carbocycles. The SMILES string of the molecule is CCOCC(CC(=O)OCC)SP1OCC(C)(C)CO1. The Morgan fingerprint density at radius 2 is 1.95 bits per heavy atom. The third-order valence-electron chi connectivity index (χ3n) is 2.56. The molecule has 1 aliphatic heterocycles. The van der Waals surface area contributed by atoms with Crippen LogP contribution in [0.15, 0.2) is 0 Å². The number of carbonyl (C=O) groups excluding carboxylic acids is 1. The molecule has 0 amide bonds. The van der Waals surface area contributed by atoms with Crippen LogP contribution in [0.4, 0.5) is 0 Å². The van der Waals surface area contributed by atoms with Gasteiger partial charge in [-0.15, -0.1) is 0 Å². The van der Waals surface area contributed by atoms with E-state index in [0.717, 1.165) is 0 Å². The van der Waals surface area contributed by atoms with Gasteiger partial charge in [-0.3, -0.25) is 4.79 Å². The Morgan fingerprint density at radius 3 is 2.50 bits per heavy atom. The molecular formula is C13H25O5PS. The van der Waals surface area contributed by atoms with E-state index in [1.165, 1.54) is 0 Å². The molecule has 1 fully saturated rings. The molecule has 7 heteroatoms. The fourth-order valence-corrected chi connectivity index (χ4v) is 5.03. The van der Waals surface area contributed by atoms with E-state index in [2.05, 4.69) is 13.8 Å². The van der Waals surface area contributed by atoms with Crippen molar-refractivity contribution < 1.29 is 23.3 Å². The summed E-state index contributed by atoms with van der Waals surface area (Å²) in [5, 5.41) is 0.0151. The van der Waals surface area contributed by atoms with Crippen LogP contribution in [0.25, 0.3) is 0 Å². The van der Waals surface area contributed by atoms with Crippen molar-refractivity contribution in [2.24, 2.45) is 5.41 Å². The van der Waals surface area contributed by atoms with Gasteiger partial charge < -0.3 is 18.5 Å². The average molecular weight is 324 g/mol. The van der Waals surface area contributed by atoms with E-state index < -0.39 is 7.58 Å². The molecule has 0 aliphatic carbocycles. The van der Waals surface area contributed by atoms with Gasteiger partial charge in [0.15, 0.2) is 0 Å². The van der Waals surface area contributed by atoms with Gasteiger partial charge in [-0.25, -0.2) is 0 Å². The maximum Gasteiger partial charge on any atom is 0.307 e. The quantitative estimate of drug-likeness (QED) is 0.504. The van der Waals surface area contributed by atoms with Crippen LogP contribution >= 0.6 is 19.0 Å². The third-order valence-corrected chi connectivity index (χ3v) is 6.06. The summed E-state index contributed by atoms with van der Waals surface area (Å²) in [4.78, 5) is 11.6. The van der Waals surface area contributed by atoms with E-state index >= 15 is 0 Å². The topological polar surface area (TPSA) is 54.0 Å². The summed E-state index contributed by atoms with van der Waals surface area (Å²) in [6, 6.07) is 0. The van der Waals surface area contributed by atoms with Crippen LogP contribution in [0.5, 0.6) is 0 Å². The highest BCUT2D eigenvalue weighted by Gasteiger charge is 2.32. The van der Waals surface area contributed by atoms with Gasteiger partial charge in [-0.2, -0.15) is 0 Å². The largest absolute Gasteiger partial charge is 0.466 e. The molecule has 1 aliphatic rings. The molecular weight excluding hydrogens is 299 g/mol. The van der Waals surface area contributed by atoms with Crippen molar-refractivity contribution in [1.29, 1.82) is 0 Å². The molecule has 118 valence electrons. The molecule has 1 saturated heterocycles. The number of carbonyl (C=O) groups is 1. The van der Waals surface area contributed by atoms with Gasteiger partial charge >= 0.3 is 5.97 Å². The average Bonchev–Trinajstić information content (AvgIpc) is 2.38. The predicted molar refractivity (Wildman–Crippen MR) is 81.7 cm³/mol. The van der Waals surface area contributed by atoms with Gasteiger partial charge in [0.25, 0.3) is 0 Å². The maximum absolute atomic E-state index is 11.6. The minimum Gasteiger partial charge on any atom is -0.466 e. The summed E-state index contributed by atoms with van der Waals surface area (Å²) in [6.45, 7) is 10.9. The van der Waals surface area contributed by atoms with Crippen molar-refractivity contribution in [2.45, 2.75) is 39.4 Å². The first-order valence-corrected chi connectivity index (χ1v) is 9.59. The van der Waals surface area contributed by atoms with Crippen LogP contribution in [0, 0.1) is 5.41 Å². The van der Waals surface area contributed by atoms with Crippen LogP contribution < -0.4 is 0 Å². The van der Waals surface area contributed by atoms with Crippen molar-refractivity contribution in [1.82, 2.24) is 0 Å². The molecule has 0 bridgehead atoms. The molecule has 0 aromatic heterocycles. The zero-order valence-electron chi connectivity index (χ0n) is 12.7. The van der Waals surface area contributed by atoms with E-state index in [-0.39, 0.29) is 16.6 Å². The molecule has 0 saturated carbocycles. The third kappa shape index (κ3) is 7.23. The van der Waals surface area contributed by atoms with Gasteiger partial charge in [-0.1, -0.05) is 25.2 Å². The first kappa shape index (κ1) is 18.2. The first-order chi connectivity index (χ1) is 9.46. The Labute approximate surface area is 126 Å². The van der Waals surface area contributed by atoms with Crippen molar-refractivity contribution in [3.8, 4) is 0 Å². The van der Waals surface area contributed by atoms with Gasteiger partial charge in [0.05, 0.1) is 32.8 Å². The molecule has 0 radical (unpaired) electrons. The summed E-state index contributed by atoms with van der Waals surface area (Å²) >= 11 is 1.56. The Hall–Kier alpha value is 0.130. The summed E-state index contributed by atoms with van der Waals surface area (Å²) in [5.41, 5.74) is 0.0654. The fraction of sp³-hybridized carbons (Fsp3) is 0.923. The van der Waals surface area contributed by atoms with Crippen LogP contribution in [-0.4, -0.2) is 44.3 Å². The fourth-order valence-electron chi connectivity index (χ4n) is 1.50. The number of esters is 1. The molecule has 5 nitrogen and oxygen atoms in total. The van der Waals surface area contributed by atoms with Gasteiger partial charge in [0, 0.05) is 17.3 Å². The molecule has 1 atom stereocenters. The lowest BCUT2D eigenvalue weighted by Crippen LogP contribution is -2.28. The normalized spacial score (nSPS) is 20.6. The zero-order valence-corrected chi connectivity index (χ0v) is 14.4. The van der Waals surface area contributed by atoms with Gasteiger partial charge in [0.1, 0.15) is 0 Å². The highest BCUT2D eigenvalue weighted by molar-refractivity contribution is 8.53. The van der Waals surface area contributed by atoms with Crippen molar-refractivity contribution in [3.63, 3.8) is 0 Å². The van der Waals surface area contributed by atoms with E-state index in [1.807, 2.05) is 13.8 Å². The van der Waals surface area contributed by atoms with E-state index in [1.54, 1.807) is 11.4 Å². The lowest BCUT2D eigenvalue weighted by atomic mass is 9.97. The molecule has 0 N–H and O–H groups in total. The van der Waals surface area contributed by atoms with Crippen LogP contribution in [0.2, 0.25) is 0 Å². The second-order valence-electron chi connectivity index (χ2n) is 5.33. The number of ether oxygens (including phenoxy) is 2. The molecule has 20 heavy (non-hydrogen) atoms. The van der Waals surface area contributed by atoms with Gasteiger partial charge in [0.2, 0.25) is 7.58 Å². The molecule has 0 aromatic rings. The predicted octanol–water partition coefficient (Wildman–Crippen LogP) is 3.38. The van der Waals surface area contributed by atoms with Gasteiger partial charge in [-0.05, 0) is 13.8 Å². The van der Waals surface area contributed by atoms with Crippen LogP contribution in [0.3, 0.4) is 0 Å². The standard InChI is InChI=1S/C13H25O5PS/c1-5-15-8-11(7-12(14)16-6-2)20-19-17-9-13(3,4)10-18-19/h11H,5-10H2,1-4H3. The van der Waals surface area contributed by atoms with Crippen molar-refractivity contribution >= 4 is 24.9 Å². The van der Waals surface area contributed by atoms with Crippen molar-refractivity contribution in [3.05, 3.63) is 0 Å². The highest BCUT2D eigenvalue weighted by Crippen LogP contribution is 2.58. The van der Waals surface area contributed by atoms with Crippen molar-refractivity contribution in [2.75, 3.05) is 33.0 Å². The molecule has 1 unspecified atom stereocenters.